The molecular formula is C42H45N11O4. The zero-order valence-electron chi connectivity index (χ0n) is 32.3. The minimum absolute atomic E-state index is 0.118. The molecule has 292 valence electrons. The van der Waals surface area contributed by atoms with Crippen molar-refractivity contribution in [2.45, 2.75) is 52.2 Å². The molecule has 3 N–H and O–H groups in total. The largest absolute Gasteiger partial charge is 0.369 e. The average molecular weight is 768 g/mol. The second kappa shape index (κ2) is 14.6. The molecule has 6 heterocycles. The fourth-order valence-electron chi connectivity index (χ4n) is 8.51. The van der Waals surface area contributed by atoms with Crippen molar-refractivity contribution in [3.8, 4) is 0 Å². The van der Waals surface area contributed by atoms with Gasteiger partial charge in [-0.1, -0.05) is 24.3 Å². The summed E-state index contributed by atoms with van der Waals surface area (Å²) < 4.78 is 1.75. The minimum atomic E-state index is -0.631. The number of aryl methyl sites for hydroxylation is 3. The summed E-state index contributed by atoms with van der Waals surface area (Å²) in [5.74, 6) is 0.417. The average Bonchev–Trinajstić information content (AvgIpc) is 3.70. The van der Waals surface area contributed by atoms with Crippen LogP contribution in [-0.2, 0) is 40.9 Å². The number of benzene rings is 3. The number of carbonyl (C=O) groups is 4. The quantitative estimate of drug-likeness (QED) is 0.196. The Hall–Kier alpha value is -6.35. The van der Waals surface area contributed by atoms with E-state index >= 15 is 0 Å². The Morgan fingerprint density at radius 1 is 0.877 bits per heavy atom. The number of piperazine rings is 1. The van der Waals surface area contributed by atoms with Crippen molar-refractivity contribution in [1.29, 1.82) is 0 Å². The van der Waals surface area contributed by atoms with Gasteiger partial charge in [-0.05, 0) is 84.8 Å². The van der Waals surface area contributed by atoms with Crippen LogP contribution in [0.15, 0.2) is 60.8 Å². The van der Waals surface area contributed by atoms with Gasteiger partial charge in [0.05, 0.1) is 11.9 Å². The zero-order chi connectivity index (χ0) is 39.4. The van der Waals surface area contributed by atoms with E-state index in [2.05, 4.69) is 68.8 Å². The van der Waals surface area contributed by atoms with E-state index in [1.54, 1.807) is 15.8 Å². The number of aromatic nitrogens is 4. The van der Waals surface area contributed by atoms with Crippen LogP contribution in [0.1, 0.15) is 51.0 Å². The summed E-state index contributed by atoms with van der Waals surface area (Å²) in [5.41, 5.74) is 9.72. The zero-order valence-corrected chi connectivity index (χ0v) is 32.3. The molecule has 0 radical (unpaired) electrons. The maximum atomic E-state index is 13.6. The Morgan fingerprint density at radius 2 is 1.68 bits per heavy atom. The Labute approximate surface area is 330 Å². The first kappa shape index (κ1) is 36.3. The highest BCUT2D eigenvalue weighted by atomic mass is 16.2. The van der Waals surface area contributed by atoms with Gasteiger partial charge in [0.15, 0.2) is 11.5 Å². The molecular weight excluding hydrogens is 723 g/mol. The van der Waals surface area contributed by atoms with E-state index in [-0.39, 0.29) is 24.1 Å². The molecule has 2 aromatic heterocycles. The van der Waals surface area contributed by atoms with Crippen molar-refractivity contribution >= 4 is 63.5 Å². The molecule has 1 atom stereocenters. The highest BCUT2D eigenvalue weighted by molar-refractivity contribution is 6.05. The summed E-state index contributed by atoms with van der Waals surface area (Å²) >= 11 is 0. The molecule has 4 aliphatic heterocycles. The third-order valence-electron chi connectivity index (χ3n) is 11.7. The molecule has 4 aliphatic rings. The number of para-hydroxylation sites is 1. The lowest BCUT2D eigenvalue weighted by molar-refractivity contribution is -0.137. The smallest absolute Gasteiger partial charge is 0.255 e. The minimum Gasteiger partial charge on any atom is -0.369 e. The molecule has 0 aliphatic carbocycles. The first-order valence-corrected chi connectivity index (χ1v) is 19.5. The number of rotatable bonds is 8. The first-order valence-electron chi connectivity index (χ1n) is 19.5. The lowest BCUT2D eigenvalue weighted by atomic mass is 9.99. The van der Waals surface area contributed by atoms with Gasteiger partial charge in [0, 0.05) is 88.1 Å². The summed E-state index contributed by atoms with van der Waals surface area (Å²) in [7, 11) is 1.87. The van der Waals surface area contributed by atoms with E-state index in [1.807, 2.05) is 42.3 Å². The van der Waals surface area contributed by atoms with Gasteiger partial charge in [-0.2, -0.15) is 10.1 Å². The summed E-state index contributed by atoms with van der Waals surface area (Å²) in [6.45, 7) is 9.07. The van der Waals surface area contributed by atoms with E-state index in [9.17, 15) is 19.2 Å². The van der Waals surface area contributed by atoms with Crippen molar-refractivity contribution in [2.24, 2.45) is 7.05 Å². The van der Waals surface area contributed by atoms with E-state index in [0.717, 1.165) is 77.3 Å². The Morgan fingerprint density at radius 3 is 2.47 bits per heavy atom. The number of nitrogens with zero attached hydrogens (tertiary/aromatic N) is 8. The van der Waals surface area contributed by atoms with Gasteiger partial charge in [-0.3, -0.25) is 29.4 Å². The third-order valence-corrected chi connectivity index (χ3v) is 11.7. The SMILES string of the molecule is Cc1cccc(C)c1Nc1nn(C)c2nc(Nc3ccc4c(c3)CN(C(=O)CN3CCN(c5ccc6c(c5)CN(C5CCC(=O)NC5=O)C6=O)CC3)CC4)ncc12. The maximum absolute atomic E-state index is 13.6. The molecule has 0 saturated carbocycles. The van der Waals surface area contributed by atoms with Gasteiger partial charge in [0.25, 0.3) is 5.91 Å². The van der Waals surface area contributed by atoms with Crippen LogP contribution in [0.25, 0.3) is 11.0 Å². The van der Waals surface area contributed by atoms with Crippen LogP contribution in [0.3, 0.4) is 0 Å². The van der Waals surface area contributed by atoms with E-state index in [0.29, 0.717) is 55.6 Å². The number of piperidine rings is 1. The summed E-state index contributed by atoms with van der Waals surface area (Å²) in [4.78, 5) is 68.3. The fraction of sp³-hybridized carbons (Fsp3) is 0.357. The van der Waals surface area contributed by atoms with Gasteiger partial charge in [0.1, 0.15) is 6.04 Å². The predicted octanol–water partition coefficient (Wildman–Crippen LogP) is 3.94. The molecule has 1 unspecified atom stereocenters. The predicted molar refractivity (Wildman–Crippen MR) is 215 cm³/mol. The van der Waals surface area contributed by atoms with Crippen LogP contribution in [-0.4, -0.2) is 103 Å². The lowest BCUT2D eigenvalue weighted by Crippen LogP contribution is -2.52. The van der Waals surface area contributed by atoms with Crippen molar-refractivity contribution in [1.82, 2.24) is 39.8 Å². The molecule has 0 spiro atoms. The lowest BCUT2D eigenvalue weighted by Gasteiger charge is -2.37. The standard InChI is InChI=1S/C42H45N11O4/c1-25-5-4-6-26(2)37(25)46-38-33-21-43-42(47-39(33)49(3)48-38)44-30-8-7-27-13-14-52(22-28(27)19-30)36(55)24-50-15-17-51(18-16-50)31-9-10-32-29(20-31)23-53(41(32)57)34-11-12-35(54)45-40(34)56/h4-10,19-21,34H,11-18,22-24H2,1-3H3,(H,46,48)(H,43,44,47)(H,45,54,56). The molecule has 0 bridgehead atoms. The molecule has 2 saturated heterocycles. The van der Waals surface area contributed by atoms with E-state index in [1.165, 1.54) is 5.56 Å². The number of hydrogen-bond acceptors (Lipinski definition) is 11. The number of amides is 4. The number of imide groups is 1. The van der Waals surface area contributed by atoms with Gasteiger partial charge in [-0.15, -0.1) is 0 Å². The van der Waals surface area contributed by atoms with Crippen molar-refractivity contribution in [3.63, 3.8) is 0 Å². The van der Waals surface area contributed by atoms with Gasteiger partial charge < -0.3 is 25.3 Å². The van der Waals surface area contributed by atoms with E-state index in [4.69, 9.17) is 10.1 Å². The molecule has 5 aromatic rings. The molecule has 9 rings (SSSR count). The van der Waals surface area contributed by atoms with Gasteiger partial charge in [-0.25, -0.2) is 9.67 Å². The van der Waals surface area contributed by atoms with Crippen LogP contribution >= 0.6 is 0 Å². The highest BCUT2D eigenvalue weighted by Crippen LogP contribution is 2.32. The van der Waals surface area contributed by atoms with Crippen molar-refractivity contribution in [2.75, 3.05) is 54.8 Å². The topological polar surface area (TPSA) is 161 Å². The Kier molecular flexibility index (Phi) is 9.31. The second-order valence-electron chi connectivity index (χ2n) is 15.5. The summed E-state index contributed by atoms with van der Waals surface area (Å²) in [5, 5.41) is 14.7. The Bertz CT molecular complexity index is 2430. The number of nitrogens with one attached hydrogen (secondary N) is 3. The monoisotopic (exact) mass is 767 g/mol. The first-order chi connectivity index (χ1) is 27.6. The fourth-order valence-corrected chi connectivity index (χ4v) is 8.51. The molecule has 15 nitrogen and oxygen atoms in total. The molecule has 2 fully saturated rings. The normalized spacial score (nSPS) is 18.5. The Balaban J connectivity index is 0.795. The molecule has 57 heavy (non-hydrogen) atoms. The van der Waals surface area contributed by atoms with Gasteiger partial charge >= 0.3 is 0 Å². The van der Waals surface area contributed by atoms with Crippen LogP contribution in [0, 0.1) is 13.8 Å². The second-order valence-corrected chi connectivity index (χ2v) is 15.5. The number of carbonyl (C=O) groups excluding carboxylic acids is 4. The van der Waals surface area contributed by atoms with Crippen molar-refractivity contribution in [3.05, 3.63) is 94.2 Å². The maximum Gasteiger partial charge on any atom is 0.255 e. The molecule has 3 aromatic carbocycles. The molecule has 15 heteroatoms. The third kappa shape index (κ3) is 7.03. The van der Waals surface area contributed by atoms with Gasteiger partial charge in [0.2, 0.25) is 23.7 Å². The van der Waals surface area contributed by atoms with Crippen LogP contribution in [0.4, 0.5) is 28.8 Å². The number of hydrogen-bond donors (Lipinski definition) is 3. The van der Waals surface area contributed by atoms with Crippen LogP contribution < -0.4 is 20.9 Å². The summed E-state index contributed by atoms with van der Waals surface area (Å²) in [6.07, 6.45) is 3.16. The van der Waals surface area contributed by atoms with Crippen molar-refractivity contribution < 1.29 is 19.2 Å². The number of anilines is 5. The highest BCUT2D eigenvalue weighted by Gasteiger charge is 2.39. The molecule has 4 amide bonds. The van der Waals surface area contributed by atoms with Crippen LogP contribution in [0.2, 0.25) is 0 Å². The number of fused-ring (bicyclic) bond motifs is 3. The van der Waals surface area contributed by atoms with Crippen LogP contribution in [0.5, 0.6) is 0 Å². The van der Waals surface area contributed by atoms with E-state index < -0.39 is 11.9 Å². The summed E-state index contributed by atoms with van der Waals surface area (Å²) in [6, 6.07) is 17.6.